The number of carbonyl (C=O) groups excluding carboxylic acids is 1. The molecule has 3 aromatic carbocycles. The van der Waals surface area contributed by atoms with Crippen LogP contribution < -0.4 is 10.2 Å². The molecule has 0 saturated carbocycles. The van der Waals surface area contributed by atoms with E-state index < -0.39 is 17.7 Å². The summed E-state index contributed by atoms with van der Waals surface area (Å²) in [4.78, 5) is 27.7. The molecule has 0 aromatic heterocycles. The Morgan fingerprint density at radius 2 is 1.53 bits per heavy atom. The number of halogens is 1. The highest BCUT2D eigenvalue weighted by Crippen LogP contribution is 2.40. The molecule has 0 radical (unpaired) electrons. The lowest BCUT2D eigenvalue weighted by Gasteiger charge is -2.32. The van der Waals surface area contributed by atoms with Gasteiger partial charge >= 0.3 is 5.97 Å². The number of rotatable bonds is 10. The molecule has 0 aliphatic carbocycles. The maximum Gasteiger partial charge on any atom is 0.338 e. The van der Waals surface area contributed by atoms with Crippen molar-refractivity contribution in [2.75, 3.05) is 23.3 Å². The van der Waals surface area contributed by atoms with E-state index >= 15 is 4.39 Å². The number of hydrogen-bond acceptors (Lipinski definition) is 3. The van der Waals surface area contributed by atoms with Crippen LogP contribution in [0.3, 0.4) is 0 Å². The van der Waals surface area contributed by atoms with Gasteiger partial charge in [-0.1, -0.05) is 87.9 Å². The zero-order valence-electron chi connectivity index (χ0n) is 21.6. The summed E-state index contributed by atoms with van der Waals surface area (Å²) in [6, 6.07) is 17.6. The minimum atomic E-state index is -1.23. The molecule has 2 N–H and O–H groups in total. The number of aryl methyl sites for hydroxylation is 1. The van der Waals surface area contributed by atoms with E-state index in [9.17, 15) is 14.7 Å². The van der Waals surface area contributed by atoms with Crippen molar-refractivity contribution in [2.45, 2.75) is 41.0 Å². The van der Waals surface area contributed by atoms with Crippen LogP contribution in [0.5, 0.6) is 0 Å². The largest absolute Gasteiger partial charge is 0.478 e. The molecule has 0 atom stereocenters. The molecule has 5 nitrogen and oxygen atoms in total. The van der Waals surface area contributed by atoms with Crippen molar-refractivity contribution in [3.05, 3.63) is 83.2 Å². The molecule has 3 aromatic rings. The molecule has 1 amide bonds. The summed E-state index contributed by atoms with van der Waals surface area (Å²) in [6.45, 7) is 11.1. The minimum absolute atomic E-state index is 0.000218. The molecular weight excluding hydrogens is 455 g/mol. The highest BCUT2D eigenvalue weighted by Gasteiger charge is 2.29. The number of hydrogen-bond donors (Lipinski definition) is 2. The van der Waals surface area contributed by atoms with Gasteiger partial charge < -0.3 is 15.3 Å². The average molecular weight is 491 g/mol. The van der Waals surface area contributed by atoms with Crippen molar-refractivity contribution in [1.82, 2.24) is 0 Å². The van der Waals surface area contributed by atoms with Crippen LogP contribution in [-0.2, 0) is 11.2 Å². The van der Waals surface area contributed by atoms with E-state index in [4.69, 9.17) is 0 Å². The second-order valence-corrected chi connectivity index (χ2v) is 10.1. The van der Waals surface area contributed by atoms with E-state index in [2.05, 4.69) is 5.32 Å². The van der Waals surface area contributed by atoms with Gasteiger partial charge in [-0.25, -0.2) is 9.18 Å². The van der Waals surface area contributed by atoms with Gasteiger partial charge in [0.25, 0.3) is 0 Å². The van der Waals surface area contributed by atoms with Crippen LogP contribution in [-0.4, -0.2) is 30.1 Å². The van der Waals surface area contributed by atoms with Crippen molar-refractivity contribution >= 4 is 23.3 Å². The molecule has 190 valence electrons. The number of nitrogens with zero attached hydrogens (tertiary/aromatic N) is 1. The Labute approximate surface area is 213 Å². The molecule has 6 heteroatoms. The fourth-order valence-electron chi connectivity index (χ4n) is 4.35. The first kappa shape index (κ1) is 26.9. The summed E-state index contributed by atoms with van der Waals surface area (Å²) in [5.74, 6) is -1.80. The molecule has 0 saturated heterocycles. The summed E-state index contributed by atoms with van der Waals surface area (Å²) < 4.78 is 15.9. The first-order valence-electron chi connectivity index (χ1n) is 12.3. The van der Waals surface area contributed by atoms with Gasteiger partial charge in [-0.05, 0) is 36.0 Å². The van der Waals surface area contributed by atoms with Crippen molar-refractivity contribution in [2.24, 2.45) is 11.8 Å². The van der Waals surface area contributed by atoms with Gasteiger partial charge in [-0.3, -0.25) is 4.79 Å². The summed E-state index contributed by atoms with van der Waals surface area (Å²) in [7, 11) is 0. The van der Waals surface area contributed by atoms with Crippen LogP contribution in [0, 0.1) is 24.6 Å². The average Bonchev–Trinajstić information content (AvgIpc) is 2.79. The second-order valence-electron chi connectivity index (χ2n) is 10.1. The number of aromatic carboxylic acids is 1. The SMILES string of the molecule is Cc1ccc(CC(=O)Nc2c(C(=O)O)c(-c3ccccc3)cc(F)c2N(CC(C)C)CC(C)C)cc1. The summed E-state index contributed by atoms with van der Waals surface area (Å²) in [5.41, 5.74) is 2.65. The minimum Gasteiger partial charge on any atom is -0.478 e. The predicted octanol–water partition coefficient (Wildman–Crippen LogP) is 6.80. The zero-order valence-corrected chi connectivity index (χ0v) is 21.6. The number of nitrogens with one attached hydrogen (secondary N) is 1. The standard InChI is InChI=1S/C30H35FN2O3/c1-19(2)17-33(18-20(3)4)29-25(31)16-24(23-9-7-6-8-10-23)27(30(35)36)28(29)32-26(34)15-22-13-11-21(5)12-14-22/h6-14,16,19-20H,15,17-18H2,1-5H3,(H,32,34)(H,35,36). The monoisotopic (exact) mass is 490 g/mol. The van der Waals surface area contributed by atoms with Crippen molar-refractivity contribution in [1.29, 1.82) is 0 Å². The number of anilines is 2. The smallest absolute Gasteiger partial charge is 0.338 e. The number of benzene rings is 3. The summed E-state index contributed by atoms with van der Waals surface area (Å²) in [5, 5.41) is 13.1. The third kappa shape index (κ3) is 6.72. The maximum atomic E-state index is 15.9. The molecule has 0 aliphatic rings. The van der Waals surface area contributed by atoms with Gasteiger partial charge in [0, 0.05) is 18.7 Å². The molecule has 0 fully saturated rings. The number of amides is 1. The van der Waals surface area contributed by atoms with Gasteiger partial charge in [-0.2, -0.15) is 0 Å². The third-order valence-electron chi connectivity index (χ3n) is 5.79. The quantitative estimate of drug-likeness (QED) is 0.328. The van der Waals surface area contributed by atoms with E-state index in [1.165, 1.54) is 6.07 Å². The zero-order chi connectivity index (χ0) is 26.4. The van der Waals surface area contributed by atoms with E-state index in [0.29, 0.717) is 18.7 Å². The van der Waals surface area contributed by atoms with Crippen molar-refractivity contribution in [3.63, 3.8) is 0 Å². The fourth-order valence-corrected chi connectivity index (χ4v) is 4.35. The number of carbonyl (C=O) groups is 2. The Balaban J connectivity index is 2.20. The van der Waals surface area contributed by atoms with Crippen LogP contribution in [0.4, 0.5) is 15.8 Å². The van der Waals surface area contributed by atoms with Gasteiger partial charge in [0.15, 0.2) is 0 Å². The molecule has 0 aliphatic heterocycles. The summed E-state index contributed by atoms with van der Waals surface area (Å²) in [6.07, 6.45) is 0.0460. The number of carboxylic acids is 1. The summed E-state index contributed by atoms with van der Waals surface area (Å²) >= 11 is 0. The Hall–Kier alpha value is -3.67. The molecule has 0 spiro atoms. The van der Waals surface area contributed by atoms with E-state index in [1.807, 2.05) is 69.9 Å². The second kappa shape index (κ2) is 11.8. The van der Waals surface area contributed by atoms with Crippen LogP contribution in [0.15, 0.2) is 60.7 Å². The topological polar surface area (TPSA) is 69.6 Å². The highest BCUT2D eigenvalue weighted by atomic mass is 19.1. The predicted molar refractivity (Wildman–Crippen MR) is 144 cm³/mol. The van der Waals surface area contributed by atoms with E-state index in [1.54, 1.807) is 24.3 Å². The van der Waals surface area contributed by atoms with Crippen molar-refractivity contribution < 1.29 is 19.1 Å². The Morgan fingerprint density at radius 3 is 2.06 bits per heavy atom. The lowest BCUT2D eigenvalue weighted by atomic mass is 9.95. The van der Waals surface area contributed by atoms with Gasteiger partial charge in [0.1, 0.15) is 5.82 Å². The molecule has 0 bridgehead atoms. The molecular formula is C30H35FN2O3. The number of carboxylic acid groups (broad SMARTS) is 1. The molecule has 3 rings (SSSR count). The van der Waals surface area contributed by atoms with Crippen molar-refractivity contribution in [3.8, 4) is 11.1 Å². The van der Waals surface area contributed by atoms with Crippen LogP contribution >= 0.6 is 0 Å². The van der Waals surface area contributed by atoms with Crippen LogP contribution in [0.2, 0.25) is 0 Å². The van der Waals surface area contributed by atoms with Gasteiger partial charge in [0.2, 0.25) is 5.91 Å². The molecule has 0 heterocycles. The lowest BCUT2D eigenvalue weighted by Crippen LogP contribution is -2.34. The fraction of sp³-hybridized carbons (Fsp3) is 0.333. The van der Waals surface area contributed by atoms with Crippen LogP contribution in [0.25, 0.3) is 11.1 Å². The van der Waals surface area contributed by atoms with Crippen LogP contribution in [0.1, 0.15) is 49.2 Å². The Kier molecular flexibility index (Phi) is 8.86. The molecule has 0 unspecified atom stereocenters. The van der Waals surface area contributed by atoms with E-state index in [0.717, 1.165) is 11.1 Å². The molecule has 36 heavy (non-hydrogen) atoms. The van der Waals surface area contributed by atoms with E-state index in [-0.39, 0.29) is 40.8 Å². The normalized spacial score (nSPS) is 11.1. The first-order chi connectivity index (χ1) is 17.1. The van der Waals surface area contributed by atoms with Gasteiger partial charge in [-0.15, -0.1) is 0 Å². The third-order valence-corrected chi connectivity index (χ3v) is 5.79. The Morgan fingerprint density at radius 1 is 0.944 bits per heavy atom. The Bertz CT molecular complexity index is 1200. The highest BCUT2D eigenvalue weighted by molar-refractivity contribution is 6.09. The lowest BCUT2D eigenvalue weighted by molar-refractivity contribution is -0.115. The maximum absolute atomic E-state index is 15.9. The first-order valence-corrected chi connectivity index (χ1v) is 12.3. The van der Waals surface area contributed by atoms with Gasteiger partial charge in [0.05, 0.1) is 23.4 Å².